The van der Waals surface area contributed by atoms with Crippen LogP contribution in [-0.2, 0) is 4.79 Å². The van der Waals surface area contributed by atoms with Gasteiger partial charge in [0.25, 0.3) is 0 Å². The quantitative estimate of drug-likeness (QED) is 0.734. The summed E-state index contributed by atoms with van der Waals surface area (Å²) in [7, 11) is 0. The van der Waals surface area contributed by atoms with Crippen molar-refractivity contribution in [1.29, 1.82) is 0 Å². The van der Waals surface area contributed by atoms with E-state index in [1.54, 1.807) is 12.1 Å². The van der Waals surface area contributed by atoms with Gasteiger partial charge in [-0.1, -0.05) is 29.8 Å². The number of alkyl halides is 1. The molecule has 0 unspecified atom stereocenters. The van der Waals surface area contributed by atoms with Crippen molar-refractivity contribution >= 4 is 5.97 Å². The van der Waals surface area contributed by atoms with Crippen LogP contribution >= 0.6 is 0 Å². The first-order valence-corrected chi connectivity index (χ1v) is 3.54. The first kappa shape index (κ1) is 8.71. The van der Waals surface area contributed by atoms with E-state index in [0.717, 1.165) is 5.56 Å². The number of carboxylic acids is 1. The fourth-order valence-electron chi connectivity index (χ4n) is 0.878. The van der Waals surface area contributed by atoms with Crippen LogP contribution in [0.1, 0.15) is 17.3 Å². The van der Waals surface area contributed by atoms with Gasteiger partial charge >= 0.3 is 5.97 Å². The molecule has 1 rings (SSSR count). The number of benzene rings is 1. The Hall–Kier alpha value is -1.38. The minimum absolute atomic E-state index is 0.188. The van der Waals surface area contributed by atoms with Gasteiger partial charge in [0.05, 0.1) is 0 Å². The van der Waals surface area contributed by atoms with E-state index in [9.17, 15) is 9.18 Å². The Morgan fingerprint density at radius 2 is 1.92 bits per heavy atom. The lowest BCUT2D eigenvalue weighted by Gasteiger charge is -2.02. The average Bonchev–Trinajstić information content (AvgIpc) is 2.04. The monoisotopic (exact) mass is 168 g/mol. The molecule has 0 saturated carbocycles. The maximum Gasteiger partial charge on any atom is 0.343 e. The van der Waals surface area contributed by atoms with Crippen LogP contribution in [0.15, 0.2) is 24.3 Å². The van der Waals surface area contributed by atoms with Crippen LogP contribution in [0.4, 0.5) is 4.39 Å². The van der Waals surface area contributed by atoms with Crippen LogP contribution < -0.4 is 0 Å². The highest BCUT2D eigenvalue weighted by atomic mass is 19.1. The van der Waals surface area contributed by atoms with Crippen LogP contribution in [0.5, 0.6) is 0 Å². The second kappa shape index (κ2) is 3.34. The zero-order valence-electron chi connectivity index (χ0n) is 6.62. The first-order chi connectivity index (χ1) is 5.61. The molecule has 0 fully saturated rings. The van der Waals surface area contributed by atoms with Gasteiger partial charge in [-0.2, -0.15) is 0 Å². The molecule has 12 heavy (non-hydrogen) atoms. The minimum Gasteiger partial charge on any atom is -0.479 e. The van der Waals surface area contributed by atoms with Gasteiger partial charge in [-0.25, -0.2) is 9.18 Å². The molecule has 0 heterocycles. The van der Waals surface area contributed by atoms with Crippen LogP contribution in [-0.4, -0.2) is 11.1 Å². The molecule has 2 nitrogen and oxygen atoms in total. The number of aryl methyl sites for hydroxylation is 1. The summed E-state index contributed by atoms with van der Waals surface area (Å²) in [5.74, 6) is -1.45. The Labute approximate surface area is 69.6 Å². The van der Waals surface area contributed by atoms with Crippen molar-refractivity contribution in [2.24, 2.45) is 0 Å². The number of aliphatic carboxylic acids is 1. The Balaban J connectivity index is 2.89. The van der Waals surface area contributed by atoms with Crippen molar-refractivity contribution in [1.82, 2.24) is 0 Å². The van der Waals surface area contributed by atoms with Gasteiger partial charge in [-0.3, -0.25) is 0 Å². The third-order valence-electron chi connectivity index (χ3n) is 1.59. The van der Waals surface area contributed by atoms with Crippen molar-refractivity contribution in [2.75, 3.05) is 0 Å². The molecule has 1 aromatic carbocycles. The number of hydrogen-bond donors (Lipinski definition) is 1. The van der Waals surface area contributed by atoms with E-state index in [4.69, 9.17) is 5.11 Å². The van der Waals surface area contributed by atoms with Crippen LogP contribution in [0, 0.1) is 6.92 Å². The molecule has 0 aliphatic rings. The predicted octanol–water partition coefficient (Wildman–Crippen LogP) is 2.09. The maximum absolute atomic E-state index is 12.8. The molecular formula is C9H9FO2. The largest absolute Gasteiger partial charge is 0.479 e. The van der Waals surface area contributed by atoms with Gasteiger partial charge in [0.15, 0.2) is 0 Å². The lowest BCUT2D eigenvalue weighted by molar-refractivity contribution is -0.143. The van der Waals surface area contributed by atoms with Gasteiger partial charge in [-0.05, 0) is 12.5 Å². The van der Waals surface area contributed by atoms with E-state index >= 15 is 0 Å². The summed E-state index contributed by atoms with van der Waals surface area (Å²) in [5.41, 5.74) is 1.17. The molecule has 0 bridgehead atoms. The molecule has 0 spiro atoms. The van der Waals surface area contributed by atoms with Crippen molar-refractivity contribution in [3.05, 3.63) is 35.4 Å². The fraction of sp³-hybridized carbons (Fsp3) is 0.222. The standard InChI is InChI=1S/C9H9FO2/c1-6-2-4-7(5-3-6)8(10)9(11)12/h2-5,8H,1H3,(H,11,12)/t8-/m1/s1. The number of carbonyl (C=O) groups is 1. The summed E-state index contributed by atoms with van der Waals surface area (Å²) in [5, 5.41) is 8.33. The molecule has 1 atom stereocenters. The summed E-state index contributed by atoms with van der Waals surface area (Å²) in [6.07, 6.45) is -1.91. The molecule has 1 aromatic rings. The van der Waals surface area contributed by atoms with E-state index in [0.29, 0.717) is 0 Å². The third-order valence-corrected chi connectivity index (χ3v) is 1.59. The summed E-state index contributed by atoms with van der Waals surface area (Å²) in [6, 6.07) is 6.33. The predicted molar refractivity (Wildman–Crippen MR) is 42.7 cm³/mol. The molecular weight excluding hydrogens is 159 g/mol. The highest BCUT2D eigenvalue weighted by Crippen LogP contribution is 2.17. The van der Waals surface area contributed by atoms with Crippen molar-refractivity contribution < 1.29 is 14.3 Å². The molecule has 0 aromatic heterocycles. The normalized spacial score (nSPS) is 12.5. The SMILES string of the molecule is Cc1ccc([C@@H](F)C(=O)O)cc1. The van der Waals surface area contributed by atoms with Crippen molar-refractivity contribution in [3.63, 3.8) is 0 Å². The van der Waals surface area contributed by atoms with Gasteiger partial charge in [0, 0.05) is 0 Å². The lowest BCUT2D eigenvalue weighted by atomic mass is 10.1. The van der Waals surface area contributed by atoms with Gasteiger partial charge < -0.3 is 5.11 Å². The summed E-state index contributed by atoms with van der Waals surface area (Å²) < 4.78 is 12.8. The molecule has 0 radical (unpaired) electrons. The van der Waals surface area contributed by atoms with E-state index < -0.39 is 12.1 Å². The summed E-state index contributed by atoms with van der Waals surface area (Å²) in [6.45, 7) is 1.86. The highest BCUT2D eigenvalue weighted by Gasteiger charge is 2.17. The molecule has 0 aliphatic carbocycles. The second-order valence-electron chi connectivity index (χ2n) is 2.61. The number of halogens is 1. The fourth-order valence-corrected chi connectivity index (χ4v) is 0.878. The Kier molecular flexibility index (Phi) is 2.43. The number of carboxylic acid groups (broad SMARTS) is 1. The molecule has 0 saturated heterocycles. The van der Waals surface area contributed by atoms with Gasteiger partial charge in [-0.15, -0.1) is 0 Å². The average molecular weight is 168 g/mol. The molecule has 3 heteroatoms. The summed E-state index contributed by atoms with van der Waals surface area (Å²) >= 11 is 0. The second-order valence-corrected chi connectivity index (χ2v) is 2.61. The minimum atomic E-state index is -1.91. The van der Waals surface area contributed by atoms with E-state index in [-0.39, 0.29) is 5.56 Å². The van der Waals surface area contributed by atoms with E-state index in [2.05, 4.69) is 0 Å². The molecule has 0 amide bonds. The van der Waals surface area contributed by atoms with Gasteiger partial charge in [0.1, 0.15) is 0 Å². The van der Waals surface area contributed by atoms with E-state index in [1.807, 2.05) is 6.92 Å². The van der Waals surface area contributed by atoms with Gasteiger partial charge in [0.2, 0.25) is 6.17 Å². The topological polar surface area (TPSA) is 37.3 Å². The molecule has 64 valence electrons. The smallest absolute Gasteiger partial charge is 0.343 e. The third kappa shape index (κ3) is 1.81. The first-order valence-electron chi connectivity index (χ1n) is 3.54. The highest BCUT2D eigenvalue weighted by molar-refractivity contribution is 5.74. The summed E-state index contributed by atoms with van der Waals surface area (Å²) in [4.78, 5) is 10.2. The van der Waals surface area contributed by atoms with Crippen LogP contribution in [0.3, 0.4) is 0 Å². The zero-order chi connectivity index (χ0) is 9.14. The lowest BCUT2D eigenvalue weighted by Crippen LogP contribution is -2.05. The van der Waals surface area contributed by atoms with Crippen molar-refractivity contribution in [2.45, 2.75) is 13.1 Å². The number of hydrogen-bond acceptors (Lipinski definition) is 1. The Morgan fingerprint density at radius 3 is 2.33 bits per heavy atom. The van der Waals surface area contributed by atoms with Crippen LogP contribution in [0.25, 0.3) is 0 Å². The molecule has 0 aliphatic heterocycles. The Bertz CT molecular complexity index is 279. The number of rotatable bonds is 2. The van der Waals surface area contributed by atoms with Crippen molar-refractivity contribution in [3.8, 4) is 0 Å². The van der Waals surface area contributed by atoms with E-state index in [1.165, 1.54) is 12.1 Å². The maximum atomic E-state index is 12.8. The molecule has 1 N–H and O–H groups in total. The van der Waals surface area contributed by atoms with Crippen LogP contribution in [0.2, 0.25) is 0 Å². The Morgan fingerprint density at radius 1 is 1.42 bits per heavy atom. The zero-order valence-corrected chi connectivity index (χ0v) is 6.62.